The van der Waals surface area contributed by atoms with E-state index in [-0.39, 0.29) is 29.9 Å². The van der Waals surface area contributed by atoms with Gasteiger partial charge in [-0.15, -0.1) is 24.0 Å². The monoisotopic (exact) mass is 510 g/mol. The molecule has 2 N–H and O–H groups in total. The first-order valence-corrected chi connectivity index (χ1v) is 12.3. The van der Waals surface area contributed by atoms with Crippen LogP contribution in [-0.2, 0) is 9.84 Å². The van der Waals surface area contributed by atoms with Gasteiger partial charge in [0.1, 0.15) is 0 Å². The number of guanidine groups is 1. The van der Waals surface area contributed by atoms with Gasteiger partial charge in [-0.2, -0.15) is 0 Å². The lowest BCUT2D eigenvalue weighted by Crippen LogP contribution is -2.49. The van der Waals surface area contributed by atoms with Gasteiger partial charge in [0.15, 0.2) is 15.8 Å². The second-order valence-corrected chi connectivity index (χ2v) is 11.2. The molecule has 0 amide bonds. The molecule has 6 nitrogen and oxygen atoms in total. The topological polar surface area (TPSA) is 73.8 Å². The molecule has 2 aliphatic carbocycles. The molecule has 3 atom stereocenters. The zero-order valence-electron chi connectivity index (χ0n) is 16.4. The van der Waals surface area contributed by atoms with Gasteiger partial charge in [0, 0.05) is 37.8 Å². The average molecular weight is 510 g/mol. The summed E-state index contributed by atoms with van der Waals surface area (Å²) < 4.78 is 23.4. The molecule has 0 bridgehead atoms. The molecule has 0 radical (unpaired) electrons. The second-order valence-electron chi connectivity index (χ2n) is 9.00. The zero-order chi connectivity index (χ0) is 18.1. The van der Waals surface area contributed by atoms with E-state index < -0.39 is 9.84 Å². The molecule has 2 heterocycles. The Bertz CT molecular complexity index is 632. The molecule has 0 aromatic carbocycles. The lowest BCUT2D eigenvalue weighted by atomic mass is 10.1. The summed E-state index contributed by atoms with van der Waals surface area (Å²) in [5.74, 6) is 2.37. The van der Waals surface area contributed by atoms with E-state index in [9.17, 15) is 8.42 Å². The Morgan fingerprint density at radius 2 is 1.81 bits per heavy atom. The number of hydrogen-bond donors (Lipinski definition) is 2. The van der Waals surface area contributed by atoms with Gasteiger partial charge in [-0.05, 0) is 43.9 Å². The highest BCUT2D eigenvalue weighted by Crippen LogP contribution is 2.31. The second kappa shape index (κ2) is 9.15. The van der Waals surface area contributed by atoms with Gasteiger partial charge in [-0.1, -0.05) is 19.8 Å². The Labute approximate surface area is 181 Å². The molecule has 0 spiro atoms. The van der Waals surface area contributed by atoms with Gasteiger partial charge < -0.3 is 10.6 Å². The third-order valence-electron chi connectivity index (χ3n) is 6.56. The van der Waals surface area contributed by atoms with Crippen LogP contribution in [0.15, 0.2) is 4.99 Å². The first-order chi connectivity index (χ1) is 12.5. The van der Waals surface area contributed by atoms with E-state index in [0.717, 1.165) is 25.0 Å². The Morgan fingerprint density at radius 1 is 1.07 bits per heavy atom. The van der Waals surface area contributed by atoms with E-state index in [0.29, 0.717) is 36.1 Å². The predicted octanol–water partition coefficient (Wildman–Crippen LogP) is 2.00. The van der Waals surface area contributed by atoms with E-state index >= 15 is 0 Å². The van der Waals surface area contributed by atoms with Crippen LogP contribution in [0.1, 0.15) is 51.9 Å². The van der Waals surface area contributed by atoms with Crippen molar-refractivity contribution in [2.45, 2.75) is 70.0 Å². The molecule has 2 saturated heterocycles. The quantitative estimate of drug-likeness (QED) is 0.336. The fourth-order valence-electron chi connectivity index (χ4n) is 4.74. The van der Waals surface area contributed by atoms with Gasteiger partial charge >= 0.3 is 0 Å². The summed E-state index contributed by atoms with van der Waals surface area (Å²) in [4.78, 5) is 7.45. The van der Waals surface area contributed by atoms with Crippen LogP contribution in [0, 0.1) is 11.8 Å². The standard InChI is InChI=1S/C19H34N4O2S.HI/c1-14-11-23(17-6-7-17)12-18(14)22-19(21-16-4-2-3-5-16)20-10-15-8-9-26(24,25)13-15;/h14-18H,2-13H2,1H3,(H2,20,21,22);1H. The Hall–Kier alpha value is -0.0900. The van der Waals surface area contributed by atoms with Crippen molar-refractivity contribution in [3.05, 3.63) is 0 Å². The highest BCUT2D eigenvalue weighted by molar-refractivity contribution is 14.0. The molecule has 4 aliphatic rings. The fraction of sp³-hybridized carbons (Fsp3) is 0.947. The van der Waals surface area contributed by atoms with E-state index in [1.807, 2.05) is 0 Å². The van der Waals surface area contributed by atoms with E-state index in [1.54, 1.807) is 0 Å². The fourth-order valence-corrected chi connectivity index (χ4v) is 6.59. The van der Waals surface area contributed by atoms with Crippen LogP contribution in [-0.4, -0.2) is 68.5 Å². The van der Waals surface area contributed by atoms with E-state index in [1.165, 1.54) is 45.1 Å². The van der Waals surface area contributed by atoms with Crippen molar-refractivity contribution in [3.8, 4) is 0 Å². The molecular formula is C19H35IN4O2S. The number of halogens is 1. The molecule has 8 heteroatoms. The number of aliphatic imine (C=N–C) groups is 1. The van der Waals surface area contributed by atoms with Gasteiger partial charge in [-0.3, -0.25) is 9.89 Å². The average Bonchev–Trinajstić information content (AvgIpc) is 3.03. The van der Waals surface area contributed by atoms with Gasteiger partial charge in [0.2, 0.25) is 0 Å². The molecule has 2 aliphatic heterocycles. The van der Waals surface area contributed by atoms with Crippen LogP contribution in [0.4, 0.5) is 0 Å². The summed E-state index contributed by atoms with van der Waals surface area (Å²) in [6, 6.07) is 1.77. The zero-order valence-corrected chi connectivity index (χ0v) is 19.5. The minimum atomic E-state index is -2.82. The first kappa shape index (κ1) is 21.6. The number of nitrogens with one attached hydrogen (secondary N) is 2. The van der Waals surface area contributed by atoms with Crippen LogP contribution >= 0.6 is 24.0 Å². The smallest absolute Gasteiger partial charge is 0.191 e. The summed E-state index contributed by atoms with van der Waals surface area (Å²) >= 11 is 0. The molecule has 2 saturated carbocycles. The lowest BCUT2D eigenvalue weighted by molar-refractivity contribution is 0.315. The number of rotatable bonds is 5. The maximum Gasteiger partial charge on any atom is 0.191 e. The molecule has 27 heavy (non-hydrogen) atoms. The molecule has 0 aromatic rings. The SMILES string of the molecule is CC1CN(C2CC2)CC1NC(=NCC1CCS(=O)(=O)C1)NC1CCCC1.I. The summed E-state index contributed by atoms with van der Waals surface area (Å²) in [5.41, 5.74) is 0. The van der Waals surface area contributed by atoms with Crippen molar-refractivity contribution in [2.75, 3.05) is 31.1 Å². The summed E-state index contributed by atoms with van der Waals surface area (Å²) in [7, 11) is -2.82. The Morgan fingerprint density at radius 3 is 2.44 bits per heavy atom. The van der Waals surface area contributed by atoms with Crippen LogP contribution in [0.25, 0.3) is 0 Å². The number of likely N-dealkylation sites (tertiary alicyclic amines) is 1. The Kier molecular flexibility index (Phi) is 7.33. The summed E-state index contributed by atoms with van der Waals surface area (Å²) in [5, 5.41) is 7.34. The summed E-state index contributed by atoms with van der Waals surface area (Å²) in [6.07, 6.45) is 8.49. The molecule has 3 unspecified atom stereocenters. The molecular weight excluding hydrogens is 475 g/mol. The highest BCUT2D eigenvalue weighted by Gasteiger charge is 2.38. The molecule has 4 fully saturated rings. The van der Waals surface area contributed by atoms with Crippen LogP contribution in [0.2, 0.25) is 0 Å². The predicted molar refractivity (Wildman–Crippen MR) is 121 cm³/mol. The maximum atomic E-state index is 11.7. The van der Waals surface area contributed by atoms with Crippen molar-refractivity contribution in [2.24, 2.45) is 16.8 Å². The van der Waals surface area contributed by atoms with Gasteiger partial charge in [0.05, 0.1) is 11.5 Å². The maximum absolute atomic E-state index is 11.7. The minimum Gasteiger partial charge on any atom is -0.354 e. The summed E-state index contributed by atoms with van der Waals surface area (Å²) in [6.45, 7) is 5.24. The van der Waals surface area contributed by atoms with Gasteiger partial charge in [0.25, 0.3) is 0 Å². The van der Waals surface area contributed by atoms with Crippen molar-refractivity contribution in [1.29, 1.82) is 0 Å². The van der Waals surface area contributed by atoms with E-state index in [4.69, 9.17) is 4.99 Å². The van der Waals surface area contributed by atoms with Gasteiger partial charge in [-0.25, -0.2) is 8.42 Å². The van der Waals surface area contributed by atoms with E-state index in [2.05, 4.69) is 22.5 Å². The minimum absolute atomic E-state index is 0. The van der Waals surface area contributed by atoms with Crippen LogP contribution < -0.4 is 10.6 Å². The highest BCUT2D eigenvalue weighted by atomic mass is 127. The van der Waals surface area contributed by atoms with Crippen molar-refractivity contribution >= 4 is 39.8 Å². The Balaban J connectivity index is 0.00000210. The third-order valence-corrected chi connectivity index (χ3v) is 8.39. The van der Waals surface area contributed by atoms with Crippen LogP contribution in [0.3, 0.4) is 0 Å². The third kappa shape index (κ3) is 5.95. The number of sulfone groups is 1. The normalized spacial score (nSPS) is 34.6. The van der Waals surface area contributed by atoms with Crippen molar-refractivity contribution < 1.29 is 8.42 Å². The molecule has 4 rings (SSSR count). The van der Waals surface area contributed by atoms with Crippen molar-refractivity contribution in [1.82, 2.24) is 15.5 Å². The lowest BCUT2D eigenvalue weighted by Gasteiger charge is -2.23. The van der Waals surface area contributed by atoms with Crippen LogP contribution in [0.5, 0.6) is 0 Å². The molecule has 156 valence electrons. The largest absolute Gasteiger partial charge is 0.354 e. The molecule has 0 aromatic heterocycles. The van der Waals surface area contributed by atoms with Crippen molar-refractivity contribution in [3.63, 3.8) is 0 Å². The number of nitrogens with zero attached hydrogens (tertiary/aromatic N) is 2. The number of hydrogen-bond acceptors (Lipinski definition) is 4. The first-order valence-electron chi connectivity index (χ1n) is 10.5.